The van der Waals surface area contributed by atoms with Crippen LogP contribution < -0.4 is 0 Å². The highest BCUT2D eigenvalue weighted by atomic mass is 32.2. The van der Waals surface area contributed by atoms with Gasteiger partial charge in [-0.1, -0.05) is 13.3 Å². The number of hydrogen-bond acceptors (Lipinski definition) is 5. The van der Waals surface area contributed by atoms with Gasteiger partial charge in [-0.2, -0.15) is 23.5 Å². The molecule has 0 aliphatic carbocycles. The van der Waals surface area contributed by atoms with E-state index < -0.39 is 0 Å². The van der Waals surface area contributed by atoms with Crippen molar-refractivity contribution in [3.8, 4) is 0 Å². The van der Waals surface area contributed by atoms with E-state index in [2.05, 4.69) is 18.7 Å². The molecule has 0 radical (unpaired) electrons. The van der Waals surface area contributed by atoms with Crippen LogP contribution in [-0.4, -0.2) is 58.4 Å². The number of hydrogen-bond donors (Lipinski definition) is 1. The zero-order valence-corrected chi connectivity index (χ0v) is 18.2. The summed E-state index contributed by atoms with van der Waals surface area (Å²) >= 11 is 4.14. The number of rotatable bonds is 14. The molecule has 2 bridgehead atoms. The molecule has 4 unspecified atom stereocenters. The van der Waals surface area contributed by atoms with Crippen molar-refractivity contribution >= 4 is 29.4 Å². The van der Waals surface area contributed by atoms with Crippen LogP contribution in [0, 0.1) is 11.8 Å². The van der Waals surface area contributed by atoms with Gasteiger partial charge in [0.2, 0.25) is 5.91 Å². The first-order valence-corrected chi connectivity index (χ1v) is 12.7. The van der Waals surface area contributed by atoms with Gasteiger partial charge < -0.3 is 4.74 Å². The van der Waals surface area contributed by atoms with Crippen molar-refractivity contribution in [1.82, 2.24) is 5.06 Å². The van der Waals surface area contributed by atoms with Gasteiger partial charge in [0.1, 0.15) is 0 Å². The Hall–Kier alpha value is 0.0900. The summed E-state index contributed by atoms with van der Waals surface area (Å²) in [5, 5.41) is 9.73. The van der Waals surface area contributed by atoms with Crippen molar-refractivity contribution in [2.75, 3.05) is 30.1 Å². The van der Waals surface area contributed by atoms with Gasteiger partial charge in [0.25, 0.3) is 0 Å². The third-order valence-corrected chi connectivity index (χ3v) is 7.92. The smallest absolute Gasteiger partial charge is 0.245 e. The summed E-state index contributed by atoms with van der Waals surface area (Å²) < 4.78 is 6.24. The Labute approximate surface area is 168 Å². The first-order chi connectivity index (χ1) is 12.6. The Bertz CT molecular complexity index is 409. The lowest BCUT2D eigenvalue weighted by Crippen LogP contribution is -2.28. The summed E-state index contributed by atoms with van der Waals surface area (Å²) in [6.07, 6.45) is 11.3. The number of nitrogens with zero attached hydrogens (tertiary/aromatic N) is 1. The van der Waals surface area contributed by atoms with Crippen LogP contribution in [-0.2, 0) is 9.53 Å². The third-order valence-electron chi connectivity index (χ3n) is 5.71. The zero-order valence-electron chi connectivity index (χ0n) is 16.5. The molecule has 2 aliphatic heterocycles. The van der Waals surface area contributed by atoms with Crippen LogP contribution in [0.5, 0.6) is 0 Å². The van der Waals surface area contributed by atoms with Gasteiger partial charge in [0, 0.05) is 13.5 Å². The Morgan fingerprint density at radius 3 is 2.12 bits per heavy atom. The average Bonchev–Trinajstić information content (AvgIpc) is 3.22. The van der Waals surface area contributed by atoms with Crippen LogP contribution in [0.3, 0.4) is 0 Å². The average molecular weight is 404 g/mol. The molecule has 1 amide bonds. The first-order valence-electron chi connectivity index (χ1n) is 10.4. The third kappa shape index (κ3) is 7.25. The topological polar surface area (TPSA) is 49.8 Å². The Morgan fingerprint density at radius 1 is 1.00 bits per heavy atom. The SMILES string of the molecule is CCCCSCCC1C2CCC(O2)C1CCSCCCCC(=O)N(C)O. The van der Waals surface area contributed by atoms with E-state index in [1.165, 1.54) is 62.8 Å². The highest BCUT2D eigenvalue weighted by molar-refractivity contribution is 7.99. The summed E-state index contributed by atoms with van der Waals surface area (Å²) in [6.45, 7) is 2.26. The van der Waals surface area contributed by atoms with Gasteiger partial charge in [-0.3, -0.25) is 10.0 Å². The van der Waals surface area contributed by atoms with Gasteiger partial charge in [-0.05, 0) is 79.8 Å². The molecule has 2 rings (SSSR count). The summed E-state index contributed by atoms with van der Waals surface area (Å²) in [7, 11) is 1.40. The van der Waals surface area contributed by atoms with E-state index in [4.69, 9.17) is 9.94 Å². The lowest BCUT2D eigenvalue weighted by molar-refractivity contribution is -0.159. The van der Waals surface area contributed by atoms with E-state index in [1.54, 1.807) is 0 Å². The fraction of sp³-hybridized carbons (Fsp3) is 0.950. The molecule has 1 N–H and O–H groups in total. The number of unbranched alkanes of at least 4 members (excludes halogenated alkanes) is 2. The minimum absolute atomic E-state index is 0.186. The largest absolute Gasteiger partial charge is 0.374 e. The standard InChI is InChI=1S/C20H37NO3S2/c1-3-4-12-25-14-10-16-17(19-9-8-18(16)24-19)11-15-26-13-6-5-7-20(22)21(2)23/h16-19,23H,3-15H2,1-2H3. The van der Waals surface area contributed by atoms with Crippen molar-refractivity contribution < 1.29 is 14.7 Å². The number of carbonyl (C=O) groups is 1. The number of hydroxylamine groups is 2. The van der Waals surface area contributed by atoms with E-state index in [0.717, 1.165) is 30.4 Å². The van der Waals surface area contributed by atoms with Crippen LogP contribution in [0.2, 0.25) is 0 Å². The molecule has 0 aromatic heterocycles. The molecule has 0 saturated carbocycles. The zero-order chi connectivity index (χ0) is 18.8. The highest BCUT2D eigenvalue weighted by Crippen LogP contribution is 2.47. The number of thioether (sulfide) groups is 2. The predicted octanol–water partition coefficient (Wildman–Crippen LogP) is 4.84. The number of amides is 1. The van der Waals surface area contributed by atoms with E-state index in [-0.39, 0.29) is 5.91 Å². The molecular weight excluding hydrogens is 366 g/mol. The lowest BCUT2D eigenvalue weighted by Gasteiger charge is -2.28. The molecule has 2 fully saturated rings. The van der Waals surface area contributed by atoms with E-state index in [9.17, 15) is 4.79 Å². The normalized spacial score (nSPS) is 27.2. The van der Waals surface area contributed by atoms with Crippen LogP contribution in [0.1, 0.15) is 64.7 Å². The molecule has 0 spiro atoms. The molecule has 4 nitrogen and oxygen atoms in total. The molecule has 6 heteroatoms. The van der Waals surface area contributed by atoms with Crippen LogP contribution in [0.15, 0.2) is 0 Å². The van der Waals surface area contributed by atoms with Crippen molar-refractivity contribution in [2.24, 2.45) is 11.8 Å². The summed E-state index contributed by atoms with van der Waals surface area (Å²) in [6, 6.07) is 0. The molecule has 4 atom stereocenters. The summed E-state index contributed by atoms with van der Waals surface area (Å²) in [4.78, 5) is 11.3. The maximum Gasteiger partial charge on any atom is 0.245 e. The van der Waals surface area contributed by atoms with Crippen molar-refractivity contribution in [1.29, 1.82) is 0 Å². The Balaban J connectivity index is 1.56. The number of fused-ring (bicyclic) bond motifs is 2. The van der Waals surface area contributed by atoms with Crippen molar-refractivity contribution in [3.05, 3.63) is 0 Å². The fourth-order valence-electron chi connectivity index (χ4n) is 4.20. The van der Waals surface area contributed by atoms with E-state index in [1.807, 2.05) is 11.8 Å². The molecule has 2 heterocycles. The first kappa shape index (κ1) is 22.4. The van der Waals surface area contributed by atoms with Crippen LogP contribution in [0.4, 0.5) is 0 Å². The van der Waals surface area contributed by atoms with Gasteiger partial charge >= 0.3 is 0 Å². The van der Waals surface area contributed by atoms with Gasteiger partial charge in [-0.25, -0.2) is 5.06 Å². The second kappa shape index (κ2) is 12.5. The second-order valence-corrected chi connectivity index (χ2v) is 10.1. The lowest BCUT2D eigenvalue weighted by atomic mass is 9.76. The minimum Gasteiger partial charge on any atom is -0.374 e. The molecule has 2 saturated heterocycles. The van der Waals surface area contributed by atoms with Crippen LogP contribution in [0.25, 0.3) is 0 Å². The molecule has 2 aliphatic rings. The summed E-state index contributed by atoms with van der Waals surface area (Å²) in [5.74, 6) is 6.32. The van der Waals surface area contributed by atoms with Gasteiger partial charge in [0.05, 0.1) is 12.2 Å². The van der Waals surface area contributed by atoms with Gasteiger partial charge in [-0.15, -0.1) is 0 Å². The maximum absolute atomic E-state index is 11.3. The Kier molecular flexibility index (Phi) is 10.8. The van der Waals surface area contributed by atoms with Crippen molar-refractivity contribution in [2.45, 2.75) is 76.9 Å². The van der Waals surface area contributed by atoms with E-state index in [0.29, 0.717) is 23.7 Å². The van der Waals surface area contributed by atoms with Crippen LogP contribution >= 0.6 is 23.5 Å². The van der Waals surface area contributed by atoms with E-state index >= 15 is 0 Å². The fourth-order valence-corrected chi connectivity index (χ4v) is 6.39. The maximum atomic E-state index is 11.3. The molecule has 0 aromatic carbocycles. The summed E-state index contributed by atoms with van der Waals surface area (Å²) in [5.41, 5.74) is 0. The number of carbonyl (C=O) groups excluding carboxylic acids is 1. The van der Waals surface area contributed by atoms with Gasteiger partial charge in [0.15, 0.2) is 0 Å². The van der Waals surface area contributed by atoms with Crippen molar-refractivity contribution in [3.63, 3.8) is 0 Å². The molecule has 0 aromatic rings. The molecule has 152 valence electrons. The minimum atomic E-state index is -0.186. The highest BCUT2D eigenvalue weighted by Gasteiger charge is 2.47. The Morgan fingerprint density at radius 2 is 1.58 bits per heavy atom. The predicted molar refractivity (Wildman–Crippen MR) is 112 cm³/mol. The quantitative estimate of drug-likeness (QED) is 0.255. The monoisotopic (exact) mass is 403 g/mol. The number of ether oxygens (including phenoxy) is 1. The molecular formula is C20H37NO3S2. The molecule has 26 heavy (non-hydrogen) atoms. The second-order valence-electron chi connectivity index (χ2n) is 7.65.